The highest BCUT2D eigenvalue weighted by Gasteiger charge is 2.11. The highest BCUT2D eigenvalue weighted by Crippen LogP contribution is 2.27. The number of thioether (sulfide) groups is 1. The zero-order chi connectivity index (χ0) is 15.7. The fraction of sp³-hybridized carbons (Fsp3) is 0.200. The van der Waals surface area contributed by atoms with Crippen molar-refractivity contribution in [3.05, 3.63) is 55.6 Å². The SMILES string of the molecule is CCn1c(SCc2ccc(Cl)c(Cl)c2)nc2ccsc2c1=O. The topological polar surface area (TPSA) is 34.9 Å². The lowest BCUT2D eigenvalue weighted by Crippen LogP contribution is -2.21. The molecule has 114 valence electrons. The molecule has 0 saturated heterocycles. The van der Waals surface area contributed by atoms with Crippen molar-refractivity contribution in [2.24, 2.45) is 0 Å². The summed E-state index contributed by atoms with van der Waals surface area (Å²) in [5.41, 5.74) is 1.83. The van der Waals surface area contributed by atoms with Gasteiger partial charge in [-0.2, -0.15) is 0 Å². The molecule has 0 aliphatic carbocycles. The molecule has 3 nitrogen and oxygen atoms in total. The summed E-state index contributed by atoms with van der Waals surface area (Å²) in [6.07, 6.45) is 0. The van der Waals surface area contributed by atoms with Crippen LogP contribution in [0.25, 0.3) is 10.2 Å². The van der Waals surface area contributed by atoms with Crippen LogP contribution in [0.5, 0.6) is 0 Å². The number of nitrogens with zero attached hydrogens (tertiary/aromatic N) is 2. The van der Waals surface area contributed by atoms with E-state index in [-0.39, 0.29) is 5.56 Å². The average Bonchev–Trinajstić information content (AvgIpc) is 2.97. The Hall–Kier alpha value is -1.01. The maximum absolute atomic E-state index is 12.4. The van der Waals surface area contributed by atoms with Gasteiger partial charge in [0.15, 0.2) is 5.16 Å². The first-order valence-corrected chi connectivity index (χ1v) is 9.27. The Morgan fingerprint density at radius 1 is 1.27 bits per heavy atom. The van der Waals surface area contributed by atoms with E-state index in [1.165, 1.54) is 23.1 Å². The zero-order valence-corrected chi connectivity index (χ0v) is 14.8. The van der Waals surface area contributed by atoms with E-state index in [1.54, 1.807) is 10.6 Å². The van der Waals surface area contributed by atoms with E-state index in [0.717, 1.165) is 16.2 Å². The lowest BCUT2D eigenvalue weighted by molar-refractivity contribution is 0.635. The van der Waals surface area contributed by atoms with E-state index < -0.39 is 0 Å². The van der Waals surface area contributed by atoms with Crippen LogP contribution in [-0.2, 0) is 12.3 Å². The van der Waals surface area contributed by atoms with Crippen LogP contribution < -0.4 is 5.56 Å². The van der Waals surface area contributed by atoms with E-state index in [4.69, 9.17) is 23.2 Å². The van der Waals surface area contributed by atoms with Gasteiger partial charge in [0, 0.05) is 12.3 Å². The molecule has 0 amide bonds. The Kier molecular flexibility index (Phi) is 4.78. The molecule has 3 aromatic rings. The summed E-state index contributed by atoms with van der Waals surface area (Å²) in [6.45, 7) is 2.55. The zero-order valence-electron chi connectivity index (χ0n) is 11.7. The summed E-state index contributed by atoms with van der Waals surface area (Å²) in [5, 5.41) is 3.70. The third kappa shape index (κ3) is 3.04. The lowest BCUT2D eigenvalue weighted by atomic mass is 10.2. The van der Waals surface area contributed by atoms with Gasteiger partial charge in [-0.3, -0.25) is 9.36 Å². The first-order valence-electron chi connectivity index (χ1n) is 6.65. The van der Waals surface area contributed by atoms with E-state index >= 15 is 0 Å². The molecule has 0 saturated carbocycles. The van der Waals surface area contributed by atoms with E-state index in [9.17, 15) is 4.79 Å². The predicted octanol–water partition coefficient (Wildman–Crippen LogP) is 5.08. The summed E-state index contributed by atoms with van der Waals surface area (Å²) >= 11 is 14.9. The molecule has 0 bridgehead atoms. The molecule has 0 radical (unpaired) electrons. The number of hydrogen-bond acceptors (Lipinski definition) is 4. The van der Waals surface area contributed by atoms with Crippen molar-refractivity contribution < 1.29 is 0 Å². The first kappa shape index (κ1) is 15.9. The van der Waals surface area contributed by atoms with E-state index in [2.05, 4.69) is 4.98 Å². The number of aromatic nitrogens is 2. The molecular formula is C15H12Cl2N2OS2. The second-order valence-corrected chi connectivity index (χ2v) is 7.29. The van der Waals surface area contributed by atoms with E-state index in [0.29, 0.717) is 27.0 Å². The van der Waals surface area contributed by atoms with Crippen LogP contribution in [0.2, 0.25) is 10.0 Å². The van der Waals surface area contributed by atoms with Gasteiger partial charge in [0.2, 0.25) is 0 Å². The molecule has 0 aliphatic heterocycles. The van der Waals surface area contributed by atoms with Gasteiger partial charge in [0.25, 0.3) is 5.56 Å². The molecule has 0 aliphatic rings. The Morgan fingerprint density at radius 2 is 2.09 bits per heavy atom. The quantitative estimate of drug-likeness (QED) is 0.474. The second-order valence-electron chi connectivity index (χ2n) is 4.62. The summed E-state index contributed by atoms with van der Waals surface area (Å²) in [5.74, 6) is 0.680. The standard InChI is InChI=1S/C15H12Cl2N2OS2/c1-2-19-14(20)13-12(5-6-21-13)18-15(19)22-8-9-3-4-10(16)11(17)7-9/h3-7H,2,8H2,1H3. The molecule has 3 rings (SSSR count). The molecular weight excluding hydrogens is 359 g/mol. The van der Waals surface area contributed by atoms with Crippen LogP contribution in [0.1, 0.15) is 12.5 Å². The second kappa shape index (κ2) is 6.62. The van der Waals surface area contributed by atoms with Crippen molar-refractivity contribution in [2.75, 3.05) is 0 Å². The van der Waals surface area contributed by atoms with Gasteiger partial charge in [-0.15, -0.1) is 11.3 Å². The van der Waals surface area contributed by atoms with Gasteiger partial charge in [0.1, 0.15) is 4.70 Å². The molecule has 1 aromatic carbocycles. The van der Waals surface area contributed by atoms with Crippen molar-refractivity contribution in [1.29, 1.82) is 0 Å². The summed E-state index contributed by atoms with van der Waals surface area (Å²) in [7, 11) is 0. The highest BCUT2D eigenvalue weighted by atomic mass is 35.5. The third-order valence-corrected chi connectivity index (χ3v) is 5.88. The van der Waals surface area contributed by atoms with Crippen LogP contribution >= 0.6 is 46.3 Å². The van der Waals surface area contributed by atoms with Gasteiger partial charge >= 0.3 is 0 Å². The predicted molar refractivity (Wildman–Crippen MR) is 95.6 cm³/mol. The largest absolute Gasteiger partial charge is 0.287 e. The van der Waals surface area contributed by atoms with Crippen molar-refractivity contribution in [1.82, 2.24) is 9.55 Å². The van der Waals surface area contributed by atoms with Gasteiger partial charge in [-0.25, -0.2) is 4.98 Å². The number of rotatable bonds is 4. The monoisotopic (exact) mass is 370 g/mol. The smallest absolute Gasteiger partial charge is 0.272 e. The van der Waals surface area contributed by atoms with Crippen LogP contribution in [0.3, 0.4) is 0 Å². The Bertz CT molecular complexity index is 889. The Balaban J connectivity index is 1.92. The molecule has 0 fully saturated rings. The molecule has 0 unspecified atom stereocenters. The minimum absolute atomic E-state index is 0.0270. The molecule has 7 heteroatoms. The molecule has 0 spiro atoms. The highest BCUT2D eigenvalue weighted by molar-refractivity contribution is 7.98. The minimum atomic E-state index is 0.0270. The summed E-state index contributed by atoms with van der Waals surface area (Å²) < 4.78 is 2.42. The van der Waals surface area contributed by atoms with Crippen LogP contribution in [-0.4, -0.2) is 9.55 Å². The van der Waals surface area contributed by atoms with Crippen LogP contribution in [0.15, 0.2) is 39.6 Å². The third-order valence-electron chi connectivity index (χ3n) is 3.20. The fourth-order valence-corrected chi connectivity index (χ4v) is 4.20. The number of thiophene rings is 1. The minimum Gasteiger partial charge on any atom is -0.287 e. The maximum atomic E-state index is 12.4. The molecule has 2 heterocycles. The average molecular weight is 371 g/mol. The van der Waals surface area contributed by atoms with Gasteiger partial charge < -0.3 is 0 Å². The van der Waals surface area contributed by atoms with Crippen molar-refractivity contribution in [3.63, 3.8) is 0 Å². The molecule has 22 heavy (non-hydrogen) atoms. The summed E-state index contributed by atoms with van der Waals surface area (Å²) in [4.78, 5) is 17.0. The van der Waals surface area contributed by atoms with Gasteiger partial charge in [0.05, 0.1) is 15.6 Å². The Morgan fingerprint density at radius 3 is 2.82 bits per heavy atom. The number of benzene rings is 1. The lowest BCUT2D eigenvalue weighted by Gasteiger charge is -2.10. The van der Waals surface area contributed by atoms with Crippen molar-refractivity contribution in [3.8, 4) is 0 Å². The fourth-order valence-electron chi connectivity index (χ4n) is 2.09. The van der Waals surface area contributed by atoms with Crippen molar-refractivity contribution in [2.45, 2.75) is 24.4 Å². The summed E-state index contributed by atoms with van der Waals surface area (Å²) in [6, 6.07) is 7.43. The van der Waals surface area contributed by atoms with Crippen LogP contribution in [0.4, 0.5) is 0 Å². The maximum Gasteiger partial charge on any atom is 0.272 e. The first-order chi connectivity index (χ1) is 10.6. The van der Waals surface area contributed by atoms with Gasteiger partial charge in [-0.1, -0.05) is 41.0 Å². The van der Waals surface area contributed by atoms with E-state index in [1.807, 2.05) is 30.5 Å². The Labute approximate surface area is 145 Å². The van der Waals surface area contributed by atoms with Crippen LogP contribution in [0, 0.1) is 0 Å². The number of fused-ring (bicyclic) bond motifs is 1. The molecule has 2 aromatic heterocycles. The number of hydrogen-bond donors (Lipinski definition) is 0. The van der Waals surface area contributed by atoms with Gasteiger partial charge in [-0.05, 0) is 36.1 Å². The molecule has 0 N–H and O–H groups in total. The van der Waals surface area contributed by atoms with Crippen molar-refractivity contribution >= 4 is 56.5 Å². The molecule has 0 atom stereocenters. The number of halogens is 2. The normalized spacial score (nSPS) is 11.2.